The number of nitrogens with zero attached hydrogens (tertiary/aromatic N) is 1. The summed E-state index contributed by atoms with van der Waals surface area (Å²) in [5.41, 5.74) is 8.77. The van der Waals surface area contributed by atoms with E-state index >= 15 is 0 Å². The molecule has 19 heavy (non-hydrogen) atoms. The molecular weight excluding hydrogens is 239 g/mol. The third-order valence-corrected chi connectivity index (χ3v) is 3.20. The van der Waals surface area contributed by atoms with Crippen molar-refractivity contribution in [2.24, 2.45) is 5.73 Å². The largest absolute Gasteiger partial charge is 0.370 e. The second kappa shape index (κ2) is 5.85. The van der Waals surface area contributed by atoms with E-state index in [1.54, 1.807) is 12.1 Å². The molecule has 0 aliphatic carbocycles. The van der Waals surface area contributed by atoms with Crippen molar-refractivity contribution in [2.75, 3.05) is 11.9 Å². The Kier molecular flexibility index (Phi) is 4.17. The van der Waals surface area contributed by atoms with E-state index in [0.29, 0.717) is 12.1 Å². The number of benzene rings is 2. The van der Waals surface area contributed by atoms with E-state index in [1.165, 1.54) is 6.07 Å². The second-order valence-electron chi connectivity index (χ2n) is 4.79. The van der Waals surface area contributed by atoms with Gasteiger partial charge in [-0.1, -0.05) is 36.4 Å². The first-order valence-corrected chi connectivity index (χ1v) is 6.38. The fraction of sp³-hybridized carbons (Fsp3) is 0.250. The van der Waals surface area contributed by atoms with Crippen LogP contribution in [0.15, 0.2) is 48.5 Å². The molecule has 0 saturated carbocycles. The Bertz CT molecular complexity index is 552. The van der Waals surface area contributed by atoms with E-state index in [2.05, 4.69) is 0 Å². The molecule has 0 saturated heterocycles. The monoisotopic (exact) mass is 258 g/mol. The van der Waals surface area contributed by atoms with Crippen molar-refractivity contribution < 1.29 is 4.39 Å². The first kappa shape index (κ1) is 13.6. The average Bonchev–Trinajstić information content (AvgIpc) is 2.41. The molecule has 2 N–H and O–H groups in total. The normalized spacial score (nSPS) is 12.2. The summed E-state index contributed by atoms with van der Waals surface area (Å²) in [6, 6.07) is 14.8. The zero-order valence-corrected chi connectivity index (χ0v) is 11.3. The van der Waals surface area contributed by atoms with Crippen LogP contribution >= 0.6 is 0 Å². The summed E-state index contributed by atoms with van der Waals surface area (Å²) in [5, 5.41) is 0. The van der Waals surface area contributed by atoms with Crippen LogP contribution in [-0.2, 0) is 6.54 Å². The van der Waals surface area contributed by atoms with Crippen LogP contribution < -0.4 is 10.6 Å². The molecule has 2 nitrogen and oxygen atoms in total. The van der Waals surface area contributed by atoms with Crippen LogP contribution in [0.4, 0.5) is 10.1 Å². The number of anilines is 1. The molecule has 0 aromatic heterocycles. The maximum absolute atomic E-state index is 13.7. The van der Waals surface area contributed by atoms with E-state index in [1.807, 2.05) is 49.2 Å². The fourth-order valence-corrected chi connectivity index (χ4v) is 2.19. The van der Waals surface area contributed by atoms with Gasteiger partial charge in [-0.15, -0.1) is 0 Å². The predicted octanol–water partition coefficient (Wildman–Crippen LogP) is 3.48. The Morgan fingerprint density at radius 3 is 2.42 bits per heavy atom. The number of rotatable bonds is 4. The molecule has 3 heteroatoms. The molecule has 0 radical (unpaired) electrons. The van der Waals surface area contributed by atoms with Crippen molar-refractivity contribution >= 4 is 5.69 Å². The van der Waals surface area contributed by atoms with Crippen LogP contribution in [0, 0.1) is 5.82 Å². The average molecular weight is 258 g/mol. The topological polar surface area (TPSA) is 29.3 Å². The van der Waals surface area contributed by atoms with E-state index in [4.69, 9.17) is 5.73 Å². The maximum Gasteiger partial charge on any atom is 0.128 e. The molecule has 0 unspecified atom stereocenters. The van der Waals surface area contributed by atoms with Crippen LogP contribution in [-0.4, -0.2) is 7.05 Å². The summed E-state index contributed by atoms with van der Waals surface area (Å²) in [6.07, 6.45) is 0. The van der Waals surface area contributed by atoms with Crippen molar-refractivity contribution in [3.63, 3.8) is 0 Å². The minimum absolute atomic E-state index is 0.0423. The lowest BCUT2D eigenvalue weighted by atomic mass is 10.1. The number of halogens is 1. The molecule has 1 atom stereocenters. The third kappa shape index (κ3) is 3.12. The molecule has 100 valence electrons. The Morgan fingerprint density at radius 2 is 1.74 bits per heavy atom. The van der Waals surface area contributed by atoms with Crippen LogP contribution in [0.3, 0.4) is 0 Å². The molecule has 0 aliphatic rings. The smallest absolute Gasteiger partial charge is 0.128 e. The van der Waals surface area contributed by atoms with E-state index in [-0.39, 0.29) is 11.9 Å². The highest BCUT2D eigenvalue weighted by Crippen LogP contribution is 2.25. The summed E-state index contributed by atoms with van der Waals surface area (Å²) < 4.78 is 13.7. The molecule has 2 aromatic rings. The molecule has 0 amide bonds. The van der Waals surface area contributed by atoms with Crippen molar-refractivity contribution in [1.29, 1.82) is 0 Å². The standard InChI is InChI=1S/C16H19FN2/c1-12(18)14-8-4-6-10-16(14)19(2)11-13-7-3-5-9-15(13)17/h3-10,12H,11,18H2,1-2H3/t12-/m0/s1. The molecule has 0 spiro atoms. The summed E-state index contributed by atoms with van der Waals surface area (Å²) in [6.45, 7) is 2.48. The Labute approximate surface area is 113 Å². The van der Waals surface area contributed by atoms with E-state index in [0.717, 1.165) is 11.3 Å². The highest BCUT2D eigenvalue weighted by Gasteiger charge is 2.11. The zero-order valence-electron chi connectivity index (χ0n) is 11.3. The molecular formula is C16H19FN2. The maximum atomic E-state index is 13.7. The Morgan fingerprint density at radius 1 is 1.11 bits per heavy atom. The van der Waals surface area contributed by atoms with Gasteiger partial charge in [0.2, 0.25) is 0 Å². The lowest BCUT2D eigenvalue weighted by Crippen LogP contribution is -2.20. The van der Waals surface area contributed by atoms with Gasteiger partial charge >= 0.3 is 0 Å². The van der Waals surface area contributed by atoms with Gasteiger partial charge in [0.1, 0.15) is 5.82 Å². The quantitative estimate of drug-likeness (QED) is 0.909. The van der Waals surface area contributed by atoms with Crippen LogP contribution in [0.25, 0.3) is 0 Å². The highest BCUT2D eigenvalue weighted by atomic mass is 19.1. The molecule has 0 fully saturated rings. The fourth-order valence-electron chi connectivity index (χ4n) is 2.19. The summed E-state index contributed by atoms with van der Waals surface area (Å²) in [5.74, 6) is -0.173. The zero-order chi connectivity index (χ0) is 13.8. The van der Waals surface area contributed by atoms with Gasteiger partial charge in [-0.05, 0) is 24.6 Å². The first-order chi connectivity index (χ1) is 9.09. The van der Waals surface area contributed by atoms with Gasteiger partial charge in [0.15, 0.2) is 0 Å². The SMILES string of the molecule is C[C@H](N)c1ccccc1N(C)Cc1ccccc1F. The number of nitrogens with two attached hydrogens (primary N) is 1. The van der Waals surface area contributed by atoms with Crippen molar-refractivity contribution in [2.45, 2.75) is 19.5 Å². The molecule has 0 heterocycles. The molecule has 2 rings (SSSR count). The summed E-state index contributed by atoms with van der Waals surface area (Å²) in [7, 11) is 1.95. The lowest BCUT2D eigenvalue weighted by Gasteiger charge is -2.24. The van der Waals surface area contributed by atoms with Crippen molar-refractivity contribution in [1.82, 2.24) is 0 Å². The van der Waals surface area contributed by atoms with Crippen LogP contribution in [0.5, 0.6) is 0 Å². The third-order valence-electron chi connectivity index (χ3n) is 3.20. The molecule has 2 aromatic carbocycles. The van der Waals surface area contributed by atoms with E-state index < -0.39 is 0 Å². The highest BCUT2D eigenvalue weighted by molar-refractivity contribution is 5.54. The molecule has 0 bridgehead atoms. The number of hydrogen-bond donors (Lipinski definition) is 1. The van der Waals surface area contributed by atoms with Gasteiger partial charge in [-0.3, -0.25) is 0 Å². The Balaban J connectivity index is 2.26. The minimum Gasteiger partial charge on any atom is -0.370 e. The van der Waals surface area contributed by atoms with Gasteiger partial charge in [0.25, 0.3) is 0 Å². The number of para-hydroxylation sites is 1. The van der Waals surface area contributed by atoms with Gasteiger partial charge < -0.3 is 10.6 Å². The van der Waals surface area contributed by atoms with Crippen LogP contribution in [0.1, 0.15) is 24.1 Å². The van der Waals surface area contributed by atoms with E-state index in [9.17, 15) is 4.39 Å². The summed E-state index contributed by atoms with van der Waals surface area (Å²) >= 11 is 0. The van der Waals surface area contributed by atoms with Crippen molar-refractivity contribution in [3.05, 3.63) is 65.5 Å². The Hall–Kier alpha value is -1.87. The minimum atomic E-state index is -0.173. The van der Waals surface area contributed by atoms with Gasteiger partial charge in [-0.25, -0.2) is 4.39 Å². The molecule has 0 aliphatic heterocycles. The van der Waals surface area contributed by atoms with Gasteiger partial charge in [0.05, 0.1) is 0 Å². The van der Waals surface area contributed by atoms with Crippen molar-refractivity contribution in [3.8, 4) is 0 Å². The van der Waals surface area contributed by atoms with Gasteiger partial charge in [-0.2, -0.15) is 0 Å². The second-order valence-corrected chi connectivity index (χ2v) is 4.79. The van der Waals surface area contributed by atoms with Crippen LogP contribution in [0.2, 0.25) is 0 Å². The lowest BCUT2D eigenvalue weighted by molar-refractivity contribution is 0.607. The first-order valence-electron chi connectivity index (χ1n) is 6.38. The summed E-state index contributed by atoms with van der Waals surface area (Å²) in [4.78, 5) is 2.02. The number of hydrogen-bond acceptors (Lipinski definition) is 2. The predicted molar refractivity (Wildman–Crippen MR) is 77.6 cm³/mol. The van der Waals surface area contributed by atoms with Gasteiger partial charge in [0, 0.05) is 30.9 Å².